The number of ether oxygens (including phenoxy) is 1. The smallest absolute Gasteiger partial charge is 0.412 e. The van der Waals surface area contributed by atoms with E-state index in [-0.39, 0.29) is 18.3 Å². The average molecular weight is 361 g/mol. The molecule has 0 aliphatic rings. The molecule has 0 saturated heterocycles. The predicted octanol–water partition coefficient (Wildman–Crippen LogP) is 4.42. The zero-order valence-corrected chi connectivity index (χ0v) is 15.1. The number of phenolic OH excluding ortho intramolecular Hbond substituents is 1. The SMILES string of the molecule is CSc1ccc(NC(=O)O[C@@H](c2ccc(O)cc2)[C@H](C)CCO)cc1. The van der Waals surface area contributed by atoms with Gasteiger partial charge in [0.25, 0.3) is 0 Å². The molecule has 6 heteroatoms. The maximum Gasteiger partial charge on any atom is 0.412 e. The molecule has 0 spiro atoms. The number of aliphatic hydroxyl groups is 1. The number of rotatable bonds is 7. The number of amides is 1. The number of thioether (sulfide) groups is 1. The molecule has 0 saturated carbocycles. The van der Waals surface area contributed by atoms with Crippen molar-refractivity contribution in [1.29, 1.82) is 0 Å². The van der Waals surface area contributed by atoms with Gasteiger partial charge < -0.3 is 14.9 Å². The minimum Gasteiger partial charge on any atom is -0.508 e. The number of nitrogens with one attached hydrogen (secondary N) is 1. The lowest BCUT2D eigenvalue weighted by molar-refractivity contribution is 0.0667. The second kappa shape index (κ2) is 9.34. The molecule has 134 valence electrons. The highest BCUT2D eigenvalue weighted by Crippen LogP contribution is 2.30. The van der Waals surface area contributed by atoms with E-state index >= 15 is 0 Å². The summed E-state index contributed by atoms with van der Waals surface area (Å²) in [4.78, 5) is 13.4. The molecule has 3 N–H and O–H groups in total. The van der Waals surface area contributed by atoms with E-state index in [1.54, 1.807) is 36.0 Å². The number of hydrogen-bond acceptors (Lipinski definition) is 5. The summed E-state index contributed by atoms with van der Waals surface area (Å²) in [6, 6.07) is 14.0. The third-order valence-electron chi connectivity index (χ3n) is 3.89. The van der Waals surface area contributed by atoms with Crippen molar-refractivity contribution in [2.75, 3.05) is 18.2 Å². The van der Waals surface area contributed by atoms with E-state index in [0.29, 0.717) is 12.1 Å². The Hall–Kier alpha value is -2.18. The lowest BCUT2D eigenvalue weighted by atomic mass is 9.94. The van der Waals surface area contributed by atoms with Crippen molar-refractivity contribution in [3.05, 3.63) is 54.1 Å². The van der Waals surface area contributed by atoms with Crippen molar-refractivity contribution in [3.63, 3.8) is 0 Å². The Morgan fingerprint density at radius 3 is 2.36 bits per heavy atom. The van der Waals surface area contributed by atoms with Gasteiger partial charge in [-0.05, 0) is 60.6 Å². The van der Waals surface area contributed by atoms with Crippen LogP contribution in [0.2, 0.25) is 0 Å². The van der Waals surface area contributed by atoms with Crippen LogP contribution in [-0.2, 0) is 4.74 Å². The Labute approximate surface area is 152 Å². The number of carbonyl (C=O) groups excluding carboxylic acids is 1. The number of benzene rings is 2. The number of aliphatic hydroxyl groups excluding tert-OH is 1. The van der Waals surface area contributed by atoms with Gasteiger partial charge in [0, 0.05) is 17.2 Å². The number of hydrogen-bond donors (Lipinski definition) is 3. The Balaban J connectivity index is 2.08. The number of carbonyl (C=O) groups is 1. The van der Waals surface area contributed by atoms with Gasteiger partial charge in [-0.3, -0.25) is 5.32 Å². The van der Waals surface area contributed by atoms with Gasteiger partial charge in [-0.2, -0.15) is 0 Å². The van der Waals surface area contributed by atoms with Crippen LogP contribution >= 0.6 is 11.8 Å². The molecule has 0 aliphatic carbocycles. The first-order chi connectivity index (χ1) is 12.0. The van der Waals surface area contributed by atoms with Crippen LogP contribution < -0.4 is 5.32 Å². The number of aromatic hydroxyl groups is 1. The zero-order valence-electron chi connectivity index (χ0n) is 14.3. The third-order valence-corrected chi connectivity index (χ3v) is 4.64. The molecule has 0 heterocycles. The normalized spacial score (nSPS) is 13.1. The summed E-state index contributed by atoms with van der Waals surface area (Å²) in [5.74, 6) is 0.0785. The number of phenols is 1. The molecule has 2 rings (SSSR count). The molecule has 0 radical (unpaired) electrons. The minimum absolute atomic E-state index is 0.0108. The molecule has 0 fully saturated rings. The van der Waals surface area contributed by atoms with Gasteiger partial charge in [0.2, 0.25) is 0 Å². The van der Waals surface area contributed by atoms with Gasteiger partial charge in [-0.1, -0.05) is 19.1 Å². The molecule has 0 bridgehead atoms. The van der Waals surface area contributed by atoms with Crippen LogP contribution in [0.1, 0.15) is 25.0 Å². The maximum atomic E-state index is 12.3. The molecule has 2 atom stereocenters. The monoisotopic (exact) mass is 361 g/mol. The second-order valence-electron chi connectivity index (χ2n) is 5.76. The van der Waals surface area contributed by atoms with Gasteiger partial charge >= 0.3 is 6.09 Å². The van der Waals surface area contributed by atoms with Crippen LogP contribution in [0, 0.1) is 5.92 Å². The van der Waals surface area contributed by atoms with E-state index in [4.69, 9.17) is 4.74 Å². The van der Waals surface area contributed by atoms with Gasteiger partial charge in [0.1, 0.15) is 11.9 Å². The van der Waals surface area contributed by atoms with Gasteiger partial charge in [0.05, 0.1) is 0 Å². The fraction of sp³-hybridized carbons (Fsp3) is 0.316. The first-order valence-electron chi connectivity index (χ1n) is 8.05. The van der Waals surface area contributed by atoms with Gasteiger partial charge in [-0.25, -0.2) is 4.79 Å². The van der Waals surface area contributed by atoms with Crippen molar-refractivity contribution < 1.29 is 19.7 Å². The maximum absolute atomic E-state index is 12.3. The summed E-state index contributed by atoms with van der Waals surface area (Å²) >= 11 is 1.63. The lowest BCUT2D eigenvalue weighted by Gasteiger charge is -2.24. The molecule has 1 amide bonds. The van der Waals surface area contributed by atoms with E-state index in [9.17, 15) is 15.0 Å². The largest absolute Gasteiger partial charge is 0.508 e. The molecule has 2 aromatic rings. The molecular weight excluding hydrogens is 338 g/mol. The molecular formula is C19H23NO4S. The first-order valence-corrected chi connectivity index (χ1v) is 9.27. The fourth-order valence-electron chi connectivity index (χ4n) is 2.47. The van der Waals surface area contributed by atoms with E-state index in [2.05, 4.69) is 5.32 Å². The van der Waals surface area contributed by atoms with Crippen LogP contribution in [0.3, 0.4) is 0 Å². The first kappa shape index (κ1) is 19.1. The second-order valence-corrected chi connectivity index (χ2v) is 6.64. The van der Waals surface area contributed by atoms with E-state index in [1.807, 2.05) is 37.4 Å². The topological polar surface area (TPSA) is 78.8 Å². The van der Waals surface area contributed by atoms with E-state index in [1.165, 1.54) is 0 Å². The van der Waals surface area contributed by atoms with Crippen LogP contribution in [0.5, 0.6) is 5.75 Å². The van der Waals surface area contributed by atoms with Crippen LogP contribution in [0.4, 0.5) is 10.5 Å². The minimum atomic E-state index is -0.556. The summed E-state index contributed by atoms with van der Waals surface area (Å²) < 4.78 is 5.60. The highest BCUT2D eigenvalue weighted by Gasteiger charge is 2.23. The van der Waals surface area contributed by atoms with Gasteiger partial charge in [0.15, 0.2) is 0 Å². The Bertz CT molecular complexity index is 673. The molecule has 0 unspecified atom stereocenters. The molecule has 0 aliphatic heterocycles. The van der Waals surface area contributed by atoms with Crippen molar-refractivity contribution in [1.82, 2.24) is 0 Å². The summed E-state index contributed by atoms with van der Waals surface area (Å²) in [5.41, 5.74) is 1.42. The Kier molecular flexibility index (Phi) is 7.16. The zero-order chi connectivity index (χ0) is 18.2. The Morgan fingerprint density at radius 2 is 1.80 bits per heavy atom. The van der Waals surface area contributed by atoms with E-state index in [0.717, 1.165) is 10.5 Å². The van der Waals surface area contributed by atoms with Crippen molar-refractivity contribution >= 4 is 23.5 Å². The average Bonchev–Trinajstić information content (AvgIpc) is 2.61. The highest BCUT2D eigenvalue weighted by molar-refractivity contribution is 7.98. The van der Waals surface area contributed by atoms with Crippen LogP contribution in [-0.4, -0.2) is 29.2 Å². The Morgan fingerprint density at radius 1 is 1.16 bits per heavy atom. The molecule has 2 aromatic carbocycles. The summed E-state index contributed by atoms with van der Waals surface area (Å²) in [6.07, 6.45) is 1.42. The van der Waals surface area contributed by atoms with Crippen molar-refractivity contribution in [3.8, 4) is 5.75 Å². The quantitative estimate of drug-likeness (QED) is 0.636. The van der Waals surface area contributed by atoms with Crippen molar-refractivity contribution in [2.24, 2.45) is 5.92 Å². The third kappa shape index (κ3) is 5.69. The van der Waals surface area contributed by atoms with Crippen molar-refractivity contribution in [2.45, 2.75) is 24.3 Å². The number of anilines is 1. The summed E-state index contributed by atoms with van der Waals surface area (Å²) in [6.45, 7) is 1.92. The van der Waals surface area contributed by atoms with Crippen LogP contribution in [0.25, 0.3) is 0 Å². The van der Waals surface area contributed by atoms with Crippen LogP contribution in [0.15, 0.2) is 53.4 Å². The van der Waals surface area contributed by atoms with Gasteiger partial charge in [-0.15, -0.1) is 11.8 Å². The fourth-order valence-corrected chi connectivity index (χ4v) is 2.88. The molecule has 25 heavy (non-hydrogen) atoms. The molecule has 5 nitrogen and oxygen atoms in total. The standard InChI is InChI=1S/C19H23NO4S/c1-13(11-12-21)18(14-3-7-16(22)8-4-14)24-19(23)20-15-5-9-17(25-2)10-6-15/h3-10,13,18,21-22H,11-12H2,1-2H3,(H,20,23)/t13-,18-/m1/s1. The molecule has 0 aromatic heterocycles. The predicted molar refractivity (Wildman–Crippen MR) is 100 cm³/mol. The summed E-state index contributed by atoms with van der Waals surface area (Å²) in [5, 5.41) is 21.4. The summed E-state index contributed by atoms with van der Waals surface area (Å²) in [7, 11) is 0. The highest BCUT2D eigenvalue weighted by atomic mass is 32.2. The van der Waals surface area contributed by atoms with E-state index < -0.39 is 12.2 Å². The lowest BCUT2D eigenvalue weighted by Crippen LogP contribution is -2.22.